The molecule has 0 N–H and O–H groups in total. The molecular weight excluding hydrogens is 482 g/mol. The SMILES string of the molecule is Cc1ccc(-n2c(SCc3nnc(-c4ccc(Br)o4)o3)nc3ccccc3c2=O)nc1. The molecule has 154 valence electrons. The second-order valence-electron chi connectivity index (χ2n) is 6.64. The summed E-state index contributed by atoms with van der Waals surface area (Å²) in [7, 11) is 0. The molecule has 0 aliphatic rings. The van der Waals surface area contributed by atoms with Gasteiger partial charge in [-0.1, -0.05) is 30.0 Å². The lowest BCUT2D eigenvalue weighted by Gasteiger charge is -2.12. The Bertz CT molecular complexity index is 1440. The first kappa shape index (κ1) is 19.7. The van der Waals surface area contributed by atoms with Gasteiger partial charge in [0.1, 0.15) is 5.82 Å². The maximum Gasteiger partial charge on any atom is 0.283 e. The molecule has 0 aliphatic heterocycles. The van der Waals surface area contributed by atoms with E-state index in [0.717, 1.165) is 5.56 Å². The highest BCUT2D eigenvalue weighted by Crippen LogP contribution is 2.27. The average Bonchev–Trinajstić information content (AvgIpc) is 3.42. The zero-order valence-electron chi connectivity index (χ0n) is 16.2. The molecule has 8 nitrogen and oxygen atoms in total. The van der Waals surface area contributed by atoms with E-state index in [0.29, 0.717) is 44.0 Å². The number of rotatable bonds is 5. The Balaban J connectivity index is 1.52. The lowest BCUT2D eigenvalue weighted by Crippen LogP contribution is -2.22. The molecule has 0 unspecified atom stereocenters. The highest BCUT2D eigenvalue weighted by Gasteiger charge is 2.17. The predicted molar refractivity (Wildman–Crippen MR) is 119 cm³/mol. The first-order valence-electron chi connectivity index (χ1n) is 9.24. The number of hydrogen-bond donors (Lipinski definition) is 0. The van der Waals surface area contributed by atoms with E-state index in [1.807, 2.05) is 31.2 Å². The van der Waals surface area contributed by atoms with Crippen LogP contribution in [-0.2, 0) is 5.75 Å². The van der Waals surface area contributed by atoms with E-state index >= 15 is 0 Å². The Morgan fingerprint density at radius 1 is 1.06 bits per heavy atom. The largest absolute Gasteiger partial charge is 0.444 e. The zero-order valence-corrected chi connectivity index (χ0v) is 18.6. The molecule has 5 rings (SSSR count). The van der Waals surface area contributed by atoms with E-state index in [9.17, 15) is 4.79 Å². The van der Waals surface area contributed by atoms with Gasteiger partial charge in [0.2, 0.25) is 5.89 Å². The number of furan rings is 1. The fourth-order valence-corrected chi connectivity index (χ4v) is 4.11. The third kappa shape index (κ3) is 3.91. The number of benzene rings is 1. The molecule has 5 aromatic rings. The van der Waals surface area contributed by atoms with E-state index in [1.165, 1.54) is 16.3 Å². The quantitative estimate of drug-likeness (QED) is 0.253. The van der Waals surface area contributed by atoms with Gasteiger partial charge in [-0.2, -0.15) is 0 Å². The molecular formula is C21H14BrN5O3S. The number of aromatic nitrogens is 5. The number of pyridine rings is 1. The van der Waals surface area contributed by atoms with E-state index in [-0.39, 0.29) is 11.4 Å². The number of fused-ring (bicyclic) bond motifs is 1. The standard InChI is InChI=1S/C21H14BrN5O3S/c1-12-6-9-17(23-10-12)27-20(28)13-4-2-3-5-14(13)24-21(27)31-11-18-25-26-19(30-18)15-7-8-16(22)29-15/h2-10H,11H2,1H3. The summed E-state index contributed by atoms with van der Waals surface area (Å²) >= 11 is 4.57. The molecule has 4 aromatic heterocycles. The Hall–Kier alpha value is -3.24. The average molecular weight is 496 g/mol. The molecule has 0 fully saturated rings. The van der Waals surface area contributed by atoms with Crippen molar-refractivity contribution in [3.05, 3.63) is 81.2 Å². The summed E-state index contributed by atoms with van der Waals surface area (Å²) in [6.07, 6.45) is 1.72. The van der Waals surface area contributed by atoms with Crippen LogP contribution in [0.5, 0.6) is 0 Å². The van der Waals surface area contributed by atoms with Crippen LogP contribution in [0, 0.1) is 6.92 Å². The smallest absolute Gasteiger partial charge is 0.283 e. The summed E-state index contributed by atoms with van der Waals surface area (Å²) in [5.74, 6) is 1.97. The third-order valence-corrected chi connectivity index (χ3v) is 5.79. The van der Waals surface area contributed by atoms with Crippen molar-refractivity contribution in [3.63, 3.8) is 0 Å². The maximum atomic E-state index is 13.2. The molecule has 10 heteroatoms. The Morgan fingerprint density at radius 2 is 1.94 bits per heavy atom. The van der Waals surface area contributed by atoms with Gasteiger partial charge in [0.25, 0.3) is 11.4 Å². The summed E-state index contributed by atoms with van der Waals surface area (Å²) < 4.78 is 13.2. The van der Waals surface area contributed by atoms with Gasteiger partial charge < -0.3 is 8.83 Å². The molecule has 0 amide bonds. The molecule has 0 aliphatic carbocycles. The van der Waals surface area contributed by atoms with Gasteiger partial charge in [-0.05, 0) is 58.7 Å². The van der Waals surface area contributed by atoms with Crippen LogP contribution >= 0.6 is 27.7 Å². The second-order valence-corrected chi connectivity index (χ2v) is 8.36. The number of para-hydroxylation sites is 1. The van der Waals surface area contributed by atoms with Gasteiger partial charge in [0.05, 0.1) is 16.7 Å². The topological polar surface area (TPSA) is 99.8 Å². The van der Waals surface area contributed by atoms with Crippen LogP contribution in [0.2, 0.25) is 0 Å². The number of hydrogen-bond acceptors (Lipinski definition) is 8. The normalized spacial score (nSPS) is 11.3. The van der Waals surface area contributed by atoms with Crippen molar-refractivity contribution < 1.29 is 8.83 Å². The third-order valence-electron chi connectivity index (χ3n) is 4.45. The minimum Gasteiger partial charge on any atom is -0.444 e. The number of thioether (sulfide) groups is 1. The van der Waals surface area contributed by atoms with Crippen molar-refractivity contribution in [3.8, 4) is 17.5 Å². The lowest BCUT2D eigenvalue weighted by atomic mass is 10.2. The van der Waals surface area contributed by atoms with Crippen LogP contribution in [0.4, 0.5) is 0 Å². The first-order chi connectivity index (χ1) is 15.1. The number of aryl methyl sites for hydroxylation is 1. The minimum atomic E-state index is -0.184. The summed E-state index contributed by atoms with van der Waals surface area (Å²) in [5, 5.41) is 9.11. The van der Waals surface area contributed by atoms with Crippen LogP contribution in [0.1, 0.15) is 11.5 Å². The van der Waals surface area contributed by atoms with E-state index < -0.39 is 0 Å². The maximum absolute atomic E-state index is 13.2. The van der Waals surface area contributed by atoms with E-state index in [2.05, 4.69) is 36.1 Å². The number of nitrogens with zero attached hydrogens (tertiary/aromatic N) is 5. The highest BCUT2D eigenvalue weighted by molar-refractivity contribution is 9.10. The summed E-state index contributed by atoms with van der Waals surface area (Å²) in [4.78, 5) is 22.3. The Kier molecular flexibility index (Phi) is 5.16. The molecule has 0 radical (unpaired) electrons. The lowest BCUT2D eigenvalue weighted by molar-refractivity contribution is 0.486. The van der Waals surface area contributed by atoms with Gasteiger partial charge in [-0.15, -0.1) is 10.2 Å². The summed E-state index contributed by atoms with van der Waals surface area (Å²) in [5.41, 5.74) is 1.43. The molecule has 1 aromatic carbocycles. The van der Waals surface area contributed by atoms with Crippen molar-refractivity contribution in [2.24, 2.45) is 0 Å². The molecule has 0 bridgehead atoms. The van der Waals surface area contributed by atoms with Gasteiger partial charge in [0, 0.05) is 6.20 Å². The van der Waals surface area contributed by atoms with Gasteiger partial charge in [-0.3, -0.25) is 4.79 Å². The Morgan fingerprint density at radius 3 is 2.71 bits per heavy atom. The van der Waals surface area contributed by atoms with Crippen molar-refractivity contribution in [2.45, 2.75) is 17.8 Å². The van der Waals surface area contributed by atoms with Crippen LogP contribution in [-0.4, -0.2) is 24.7 Å². The van der Waals surface area contributed by atoms with Crippen LogP contribution in [0.25, 0.3) is 28.4 Å². The summed E-state index contributed by atoms with van der Waals surface area (Å²) in [6.45, 7) is 1.94. The van der Waals surface area contributed by atoms with Crippen LogP contribution < -0.4 is 5.56 Å². The molecule has 31 heavy (non-hydrogen) atoms. The molecule has 0 atom stereocenters. The Labute approximate surface area is 188 Å². The van der Waals surface area contributed by atoms with Crippen molar-refractivity contribution >= 4 is 38.6 Å². The highest BCUT2D eigenvalue weighted by atomic mass is 79.9. The van der Waals surface area contributed by atoms with Crippen LogP contribution in [0.15, 0.2) is 78.2 Å². The van der Waals surface area contributed by atoms with Gasteiger partial charge >= 0.3 is 0 Å². The van der Waals surface area contributed by atoms with E-state index in [4.69, 9.17) is 8.83 Å². The first-order valence-corrected chi connectivity index (χ1v) is 11.0. The summed E-state index contributed by atoms with van der Waals surface area (Å²) in [6, 6.07) is 14.4. The van der Waals surface area contributed by atoms with Gasteiger partial charge in [0.15, 0.2) is 15.6 Å². The predicted octanol–water partition coefficient (Wildman–Crippen LogP) is 4.79. The van der Waals surface area contributed by atoms with Crippen LogP contribution in [0.3, 0.4) is 0 Å². The van der Waals surface area contributed by atoms with Gasteiger partial charge in [-0.25, -0.2) is 14.5 Å². The molecule has 0 saturated heterocycles. The fourth-order valence-electron chi connectivity index (χ4n) is 2.97. The van der Waals surface area contributed by atoms with Crippen molar-refractivity contribution in [1.29, 1.82) is 0 Å². The molecule has 4 heterocycles. The fraction of sp³-hybridized carbons (Fsp3) is 0.0952. The molecule has 0 spiro atoms. The van der Waals surface area contributed by atoms with Crippen molar-refractivity contribution in [1.82, 2.24) is 24.7 Å². The zero-order chi connectivity index (χ0) is 21.4. The minimum absolute atomic E-state index is 0.184. The van der Waals surface area contributed by atoms with E-state index in [1.54, 1.807) is 30.5 Å². The monoisotopic (exact) mass is 495 g/mol. The molecule has 0 saturated carbocycles. The van der Waals surface area contributed by atoms with Crippen molar-refractivity contribution in [2.75, 3.05) is 0 Å². The second kappa shape index (κ2) is 8.12. The number of halogens is 1.